The Morgan fingerprint density at radius 2 is 1.65 bits per heavy atom. The minimum absolute atomic E-state index is 0.138. The van der Waals surface area contributed by atoms with Crippen LogP contribution in [-0.4, -0.2) is 38.7 Å². The predicted octanol–water partition coefficient (Wildman–Crippen LogP) is 7.59. The lowest BCUT2D eigenvalue weighted by molar-refractivity contribution is 0.0323. The van der Waals surface area contributed by atoms with Gasteiger partial charge in [0.15, 0.2) is 5.75 Å². The maximum absolute atomic E-state index is 6.25. The Morgan fingerprint density at radius 1 is 0.935 bits per heavy atom. The first-order chi connectivity index (χ1) is 15.1. The highest BCUT2D eigenvalue weighted by atomic mass is 35.5. The summed E-state index contributed by atoms with van der Waals surface area (Å²) in [5.41, 5.74) is 0. The van der Waals surface area contributed by atoms with Crippen LogP contribution in [-0.2, 0) is 9.57 Å². The van der Waals surface area contributed by atoms with E-state index in [2.05, 4.69) is 5.16 Å². The smallest absolute Gasteiger partial charge is 0.156 e. The van der Waals surface area contributed by atoms with Crippen LogP contribution in [0.2, 0.25) is 10.0 Å². The number of benzene rings is 1. The molecule has 1 saturated carbocycles. The third-order valence-electron chi connectivity index (χ3n) is 4.67. The summed E-state index contributed by atoms with van der Waals surface area (Å²) in [7, 11) is 0. The SMILES string of the molecule is ClC(Cl)=CCOc1cc(Cl)c(OCCCCCOC/C=N/OC2CCCCC2)c(Cl)c1. The van der Waals surface area contributed by atoms with Crippen LogP contribution < -0.4 is 9.47 Å². The molecule has 0 aliphatic heterocycles. The van der Waals surface area contributed by atoms with Crippen molar-refractivity contribution in [2.75, 3.05) is 26.4 Å². The van der Waals surface area contributed by atoms with Crippen LogP contribution in [0.1, 0.15) is 51.4 Å². The summed E-state index contributed by atoms with van der Waals surface area (Å²) in [6.07, 6.45) is 12.3. The molecule has 2 rings (SSSR count). The van der Waals surface area contributed by atoms with Gasteiger partial charge in [0.2, 0.25) is 0 Å². The van der Waals surface area contributed by atoms with Crippen molar-refractivity contribution >= 4 is 52.6 Å². The van der Waals surface area contributed by atoms with E-state index in [0.29, 0.717) is 41.4 Å². The van der Waals surface area contributed by atoms with Crippen molar-refractivity contribution in [1.82, 2.24) is 0 Å². The summed E-state index contributed by atoms with van der Waals surface area (Å²) in [5, 5.41) is 4.78. The van der Waals surface area contributed by atoms with Crippen LogP contribution in [0, 0.1) is 0 Å². The Balaban J connectivity index is 1.52. The molecule has 0 saturated heterocycles. The van der Waals surface area contributed by atoms with Crippen LogP contribution in [0.3, 0.4) is 0 Å². The quantitative estimate of drug-likeness (QED) is 0.146. The number of oxime groups is 1. The molecule has 0 atom stereocenters. The molecule has 0 heterocycles. The van der Waals surface area contributed by atoms with Crippen LogP contribution in [0.15, 0.2) is 27.9 Å². The van der Waals surface area contributed by atoms with Crippen molar-refractivity contribution in [3.63, 3.8) is 0 Å². The second-order valence-corrected chi connectivity index (χ2v) is 8.98. The summed E-state index contributed by atoms with van der Waals surface area (Å²) in [4.78, 5) is 5.47. The van der Waals surface area contributed by atoms with Gasteiger partial charge >= 0.3 is 0 Å². The normalized spacial score (nSPS) is 14.6. The zero-order valence-electron chi connectivity index (χ0n) is 17.5. The van der Waals surface area contributed by atoms with Crippen LogP contribution in [0.4, 0.5) is 0 Å². The Hall–Kier alpha value is -0.850. The topological polar surface area (TPSA) is 49.3 Å². The summed E-state index contributed by atoms with van der Waals surface area (Å²) in [5.74, 6) is 0.963. The molecule has 1 fully saturated rings. The van der Waals surface area contributed by atoms with Gasteiger partial charge < -0.3 is 19.0 Å². The van der Waals surface area contributed by atoms with E-state index in [1.54, 1.807) is 18.3 Å². The van der Waals surface area contributed by atoms with Crippen molar-refractivity contribution < 1.29 is 19.0 Å². The molecule has 31 heavy (non-hydrogen) atoms. The summed E-state index contributed by atoms with van der Waals surface area (Å²) in [6.45, 7) is 1.87. The van der Waals surface area contributed by atoms with Crippen LogP contribution in [0.5, 0.6) is 11.5 Å². The fourth-order valence-electron chi connectivity index (χ4n) is 3.08. The average molecular weight is 513 g/mol. The molecule has 9 heteroatoms. The Kier molecular flexibility index (Phi) is 13.5. The number of hydrogen-bond acceptors (Lipinski definition) is 5. The van der Waals surface area contributed by atoms with E-state index in [4.69, 9.17) is 65.5 Å². The minimum Gasteiger partial charge on any atom is -0.490 e. The monoisotopic (exact) mass is 511 g/mol. The maximum Gasteiger partial charge on any atom is 0.156 e. The molecule has 0 spiro atoms. The molecule has 0 aromatic heterocycles. The number of nitrogens with zero attached hydrogens (tertiary/aromatic N) is 1. The van der Waals surface area contributed by atoms with E-state index < -0.39 is 0 Å². The highest BCUT2D eigenvalue weighted by Crippen LogP contribution is 2.37. The fraction of sp³-hybridized carbons (Fsp3) is 0.591. The number of halogens is 4. The third-order valence-corrected chi connectivity index (χ3v) is 5.54. The first-order valence-electron chi connectivity index (χ1n) is 10.6. The van der Waals surface area contributed by atoms with Gasteiger partial charge in [-0.05, 0) is 51.0 Å². The number of unbranched alkanes of at least 4 members (excludes halogenated alkanes) is 2. The molecule has 1 aliphatic rings. The van der Waals surface area contributed by atoms with Gasteiger partial charge in [-0.15, -0.1) is 0 Å². The number of hydrogen-bond donors (Lipinski definition) is 0. The zero-order valence-corrected chi connectivity index (χ0v) is 20.5. The molecule has 5 nitrogen and oxygen atoms in total. The number of ether oxygens (including phenoxy) is 3. The van der Waals surface area contributed by atoms with Crippen LogP contribution >= 0.6 is 46.4 Å². The van der Waals surface area contributed by atoms with E-state index in [1.165, 1.54) is 25.3 Å². The maximum atomic E-state index is 6.25. The molecule has 0 unspecified atom stereocenters. The Bertz CT molecular complexity index is 682. The largest absolute Gasteiger partial charge is 0.490 e. The summed E-state index contributed by atoms with van der Waals surface area (Å²) >= 11 is 23.6. The minimum atomic E-state index is 0.138. The molecule has 174 valence electrons. The predicted molar refractivity (Wildman–Crippen MR) is 128 cm³/mol. The number of rotatable bonds is 14. The molecule has 0 bridgehead atoms. The molecular weight excluding hydrogens is 484 g/mol. The zero-order chi connectivity index (χ0) is 22.3. The van der Waals surface area contributed by atoms with E-state index in [1.807, 2.05) is 0 Å². The Morgan fingerprint density at radius 3 is 2.35 bits per heavy atom. The van der Waals surface area contributed by atoms with E-state index in [-0.39, 0.29) is 17.2 Å². The lowest BCUT2D eigenvalue weighted by Gasteiger charge is -2.18. The van der Waals surface area contributed by atoms with E-state index in [9.17, 15) is 0 Å². The standard InChI is InChI=1S/C22H29Cl4NO4/c23-19-15-18(29-13-9-21(25)26)16-20(24)22(19)30-12-6-2-5-11-28-14-10-27-31-17-7-3-1-4-8-17/h9-10,15-17H,1-8,11-14H2/b27-10+. The molecule has 1 aliphatic carbocycles. The van der Waals surface area contributed by atoms with Crippen molar-refractivity contribution in [2.24, 2.45) is 5.16 Å². The van der Waals surface area contributed by atoms with Gasteiger partial charge in [-0.2, -0.15) is 0 Å². The van der Waals surface area contributed by atoms with E-state index >= 15 is 0 Å². The van der Waals surface area contributed by atoms with Gasteiger partial charge in [-0.1, -0.05) is 58.0 Å². The molecule has 0 amide bonds. The van der Waals surface area contributed by atoms with Gasteiger partial charge in [0.25, 0.3) is 0 Å². The first kappa shape index (κ1) is 26.4. The third kappa shape index (κ3) is 11.5. The van der Waals surface area contributed by atoms with Gasteiger partial charge in [0, 0.05) is 18.7 Å². The average Bonchev–Trinajstić information content (AvgIpc) is 2.74. The molecule has 0 N–H and O–H groups in total. The van der Waals surface area contributed by atoms with Gasteiger partial charge in [-0.25, -0.2) is 0 Å². The highest BCUT2D eigenvalue weighted by molar-refractivity contribution is 6.55. The molecular formula is C22H29Cl4NO4. The first-order valence-corrected chi connectivity index (χ1v) is 12.1. The van der Waals surface area contributed by atoms with Gasteiger partial charge in [-0.3, -0.25) is 0 Å². The second-order valence-electron chi connectivity index (χ2n) is 7.16. The fourth-order valence-corrected chi connectivity index (χ4v) is 3.78. The molecule has 0 radical (unpaired) electrons. The lowest BCUT2D eigenvalue weighted by atomic mass is 9.98. The summed E-state index contributed by atoms with van der Waals surface area (Å²) in [6, 6.07) is 3.29. The van der Waals surface area contributed by atoms with Crippen molar-refractivity contribution in [3.8, 4) is 11.5 Å². The molecule has 1 aromatic carbocycles. The van der Waals surface area contributed by atoms with Crippen LogP contribution in [0.25, 0.3) is 0 Å². The van der Waals surface area contributed by atoms with Gasteiger partial charge in [0.1, 0.15) is 23.0 Å². The second kappa shape index (κ2) is 15.9. The lowest BCUT2D eigenvalue weighted by Crippen LogP contribution is -2.14. The van der Waals surface area contributed by atoms with Crippen molar-refractivity contribution in [2.45, 2.75) is 57.5 Å². The Labute approximate surface area is 204 Å². The van der Waals surface area contributed by atoms with E-state index in [0.717, 1.165) is 32.1 Å². The van der Waals surface area contributed by atoms with Crippen molar-refractivity contribution in [1.29, 1.82) is 0 Å². The van der Waals surface area contributed by atoms with Gasteiger partial charge in [0.05, 0.1) is 29.5 Å². The molecule has 1 aromatic rings. The van der Waals surface area contributed by atoms with Crippen molar-refractivity contribution in [3.05, 3.63) is 32.7 Å². The highest BCUT2D eigenvalue weighted by Gasteiger charge is 2.13. The summed E-state index contributed by atoms with van der Waals surface area (Å²) < 4.78 is 16.9.